The highest BCUT2D eigenvalue weighted by Crippen LogP contribution is 2.33. The molecule has 1 fully saturated rings. The summed E-state index contributed by atoms with van der Waals surface area (Å²) >= 11 is 1.12. The van der Waals surface area contributed by atoms with E-state index in [2.05, 4.69) is 9.88 Å². The Labute approximate surface area is 198 Å². The number of halogens is 3. The van der Waals surface area contributed by atoms with E-state index < -0.39 is 27.5 Å². The second kappa shape index (κ2) is 9.61. The van der Waals surface area contributed by atoms with Gasteiger partial charge in [-0.15, -0.1) is 0 Å². The van der Waals surface area contributed by atoms with E-state index in [-0.39, 0.29) is 22.1 Å². The number of hydrogen-bond acceptors (Lipinski definition) is 7. The molecule has 12 heteroatoms. The van der Waals surface area contributed by atoms with Crippen molar-refractivity contribution in [3.8, 4) is 0 Å². The average molecular weight is 514 g/mol. The van der Waals surface area contributed by atoms with Crippen molar-refractivity contribution in [1.82, 2.24) is 9.88 Å². The zero-order valence-corrected chi connectivity index (χ0v) is 19.8. The predicted molar refractivity (Wildman–Crippen MR) is 123 cm³/mol. The number of anilines is 1. The number of fused-ring (bicyclic) bond motifs is 1. The Morgan fingerprint density at radius 1 is 1.18 bits per heavy atom. The maximum absolute atomic E-state index is 13.4. The van der Waals surface area contributed by atoms with Gasteiger partial charge in [-0.2, -0.15) is 13.2 Å². The monoisotopic (exact) mass is 513 g/mol. The van der Waals surface area contributed by atoms with Gasteiger partial charge in [-0.05, 0) is 36.4 Å². The third kappa shape index (κ3) is 5.57. The summed E-state index contributed by atoms with van der Waals surface area (Å²) in [5, 5.41) is 0.288. The first-order chi connectivity index (χ1) is 16.0. The standard InChI is InChI=1S/C22H22F3N3O4S2/c1-34(30,31)17-5-6-18-19(14-17)33-21(26-18)28(8-7-27-9-11-32-12-10-27)20(29)15-3-2-4-16(13-15)22(23,24)25/h2-6,13-14H,7-12H2,1H3. The van der Waals surface area contributed by atoms with Crippen LogP contribution < -0.4 is 4.90 Å². The van der Waals surface area contributed by atoms with Crippen molar-refractivity contribution in [2.24, 2.45) is 0 Å². The molecule has 34 heavy (non-hydrogen) atoms. The summed E-state index contributed by atoms with van der Waals surface area (Å²) in [5.74, 6) is -0.609. The molecule has 4 rings (SSSR count). The van der Waals surface area contributed by atoms with Crippen molar-refractivity contribution < 1.29 is 31.1 Å². The minimum Gasteiger partial charge on any atom is -0.379 e. The van der Waals surface area contributed by atoms with Gasteiger partial charge in [0.15, 0.2) is 15.0 Å². The number of ether oxygens (including phenoxy) is 1. The van der Waals surface area contributed by atoms with E-state index in [1.54, 1.807) is 6.07 Å². The third-order valence-electron chi connectivity index (χ3n) is 5.43. The Kier molecular flexibility index (Phi) is 6.94. The third-order valence-corrected chi connectivity index (χ3v) is 7.58. The summed E-state index contributed by atoms with van der Waals surface area (Å²) in [6.45, 7) is 3.19. The van der Waals surface area contributed by atoms with Crippen LogP contribution in [0.5, 0.6) is 0 Å². The number of morpholine rings is 1. The molecule has 1 saturated heterocycles. The molecule has 0 saturated carbocycles. The smallest absolute Gasteiger partial charge is 0.379 e. The quantitative estimate of drug-likeness (QED) is 0.500. The molecule has 0 unspecified atom stereocenters. The van der Waals surface area contributed by atoms with Gasteiger partial charge < -0.3 is 4.74 Å². The molecule has 1 aliphatic heterocycles. The van der Waals surface area contributed by atoms with Crippen LogP contribution in [-0.2, 0) is 20.8 Å². The number of carbonyl (C=O) groups is 1. The number of alkyl halides is 3. The van der Waals surface area contributed by atoms with Crippen LogP contribution >= 0.6 is 11.3 Å². The van der Waals surface area contributed by atoms with Gasteiger partial charge in [0.2, 0.25) is 0 Å². The molecule has 0 bridgehead atoms. The molecule has 1 aromatic heterocycles. The van der Waals surface area contributed by atoms with Crippen molar-refractivity contribution >= 4 is 42.4 Å². The van der Waals surface area contributed by atoms with Crippen LogP contribution in [0.4, 0.5) is 18.3 Å². The highest BCUT2D eigenvalue weighted by Gasteiger charge is 2.32. The maximum Gasteiger partial charge on any atom is 0.416 e. The number of nitrogens with zero attached hydrogens (tertiary/aromatic N) is 3. The van der Waals surface area contributed by atoms with E-state index >= 15 is 0 Å². The molecule has 0 radical (unpaired) electrons. The van der Waals surface area contributed by atoms with Gasteiger partial charge in [0.1, 0.15) is 0 Å². The van der Waals surface area contributed by atoms with E-state index in [1.807, 2.05) is 0 Å². The van der Waals surface area contributed by atoms with Crippen LogP contribution in [0.1, 0.15) is 15.9 Å². The molecular weight excluding hydrogens is 491 g/mol. The zero-order chi connectivity index (χ0) is 24.5. The lowest BCUT2D eigenvalue weighted by Crippen LogP contribution is -2.43. The Hall–Kier alpha value is -2.54. The lowest BCUT2D eigenvalue weighted by molar-refractivity contribution is -0.137. The molecule has 3 aromatic rings. The largest absolute Gasteiger partial charge is 0.416 e. The number of sulfone groups is 1. The van der Waals surface area contributed by atoms with Crippen LogP contribution in [0.2, 0.25) is 0 Å². The topological polar surface area (TPSA) is 79.8 Å². The molecule has 1 aliphatic rings. The van der Waals surface area contributed by atoms with Crippen molar-refractivity contribution in [1.29, 1.82) is 0 Å². The molecule has 182 valence electrons. The molecule has 7 nitrogen and oxygen atoms in total. The predicted octanol–water partition coefficient (Wildman–Crippen LogP) is 3.70. The summed E-state index contributed by atoms with van der Waals surface area (Å²) in [4.78, 5) is 21.5. The number of carbonyl (C=O) groups excluding carboxylic acids is 1. The first-order valence-corrected chi connectivity index (χ1v) is 13.1. The van der Waals surface area contributed by atoms with Gasteiger partial charge in [-0.25, -0.2) is 13.4 Å². The Bertz CT molecular complexity index is 1300. The fraction of sp³-hybridized carbons (Fsp3) is 0.364. The van der Waals surface area contributed by atoms with Crippen LogP contribution in [0.15, 0.2) is 47.4 Å². The number of hydrogen-bond donors (Lipinski definition) is 0. The number of benzene rings is 2. The number of thiazole rings is 1. The van der Waals surface area contributed by atoms with Gasteiger partial charge in [0.25, 0.3) is 5.91 Å². The first kappa shape index (κ1) is 24.6. The van der Waals surface area contributed by atoms with Crippen LogP contribution in [0, 0.1) is 0 Å². The molecule has 0 spiro atoms. The van der Waals surface area contributed by atoms with E-state index in [9.17, 15) is 26.4 Å². The minimum absolute atomic E-state index is 0.104. The summed E-state index contributed by atoms with van der Waals surface area (Å²) in [7, 11) is -3.43. The fourth-order valence-corrected chi connectivity index (χ4v) is 5.32. The van der Waals surface area contributed by atoms with Gasteiger partial charge >= 0.3 is 6.18 Å². The highest BCUT2D eigenvalue weighted by molar-refractivity contribution is 7.90. The van der Waals surface area contributed by atoms with Crippen molar-refractivity contribution in [2.75, 3.05) is 50.5 Å². The molecule has 2 aromatic carbocycles. The summed E-state index contributed by atoms with van der Waals surface area (Å²) < 4.78 is 69.4. The average Bonchev–Trinajstić information content (AvgIpc) is 3.22. The molecular formula is C22H22F3N3O4S2. The molecule has 2 heterocycles. The van der Waals surface area contributed by atoms with E-state index in [0.717, 1.165) is 29.7 Å². The van der Waals surface area contributed by atoms with Gasteiger partial charge in [0.05, 0.1) is 33.9 Å². The second-order valence-corrected chi connectivity index (χ2v) is 10.9. The fourth-order valence-electron chi connectivity index (χ4n) is 3.57. The summed E-state index contributed by atoms with van der Waals surface area (Å²) in [6, 6.07) is 8.77. The van der Waals surface area contributed by atoms with Crippen LogP contribution in [0.3, 0.4) is 0 Å². The van der Waals surface area contributed by atoms with Gasteiger partial charge in [-0.3, -0.25) is 14.6 Å². The van der Waals surface area contributed by atoms with E-state index in [1.165, 1.54) is 29.2 Å². The summed E-state index contributed by atoms with van der Waals surface area (Å²) in [5.41, 5.74) is -0.512. The number of rotatable bonds is 6. The number of amides is 1. The Morgan fingerprint density at radius 2 is 1.91 bits per heavy atom. The molecule has 1 amide bonds. The van der Waals surface area contributed by atoms with Gasteiger partial charge in [-0.1, -0.05) is 17.4 Å². The lowest BCUT2D eigenvalue weighted by atomic mass is 10.1. The van der Waals surface area contributed by atoms with Gasteiger partial charge in [0, 0.05) is 38.0 Å². The highest BCUT2D eigenvalue weighted by atomic mass is 32.2. The molecule has 0 atom stereocenters. The van der Waals surface area contributed by atoms with Crippen molar-refractivity contribution in [2.45, 2.75) is 11.1 Å². The van der Waals surface area contributed by atoms with Crippen LogP contribution in [0.25, 0.3) is 10.2 Å². The lowest BCUT2D eigenvalue weighted by Gasteiger charge is -2.29. The van der Waals surface area contributed by atoms with Crippen molar-refractivity contribution in [3.63, 3.8) is 0 Å². The van der Waals surface area contributed by atoms with Crippen molar-refractivity contribution in [3.05, 3.63) is 53.6 Å². The van der Waals surface area contributed by atoms with Crippen LogP contribution in [-0.4, -0.2) is 69.9 Å². The zero-order valence-electron chi connectivity index (χ0n) is 18.2. The maximum atomic E-state index is 13.4. The second-order valence-electron chi connectivity index (χ2n) is 7.89. The number of aromatic nitrogens is 1. The summed E-state index contributed by atoms with van der Waals surface area (Å²) in [6.07, 6.45) is -3.48. The van der Waals surface area contributed by atoms with E-state index in [4.69, 9.17) is 4.74 Å². The normalized spacial score (nSPS) is 15.5. The Balaban J connectivity index is 1.69. The molecule has 0 N–H and O–H groups in total. The molecule has 0 aliphatic carbocycles. The van der Waals surface area contributed by atoms with E-state index in [0.29, 0.717) is 43.1 Å². The SMILES string of the molecule is CS(=O)(=O)c1ccc2nc(N(CCN3CCOCC3)C(=O)c3cccc(C(F)(F)F)c3)sc2c1. The first-order valence-electron chi connectivity index (χ1n) is 10.4. The Morgan fingerprint density at radius 3 is 2.59 bits per heavy atom. The minimum atomic E-state index is -4.58.